The van der Waals surface area contributed by atoms with Gasteiger partial charge in [-0.25, -0.2) is 0 Å². The molecule has 0 aliphatic rings. The lowest BCUT2D eigenvalue weighted by Gasteiger charge is -2.09. The molecule has 0 aliphatic heterocycles. The molecule has 1 aromatic carbocycles. The standard InChI is InChI=1S/C14H14BrN3O2/c1-9-2-4-11(5-3-9)17-13(19)8-18-7-10(16)6-12(15)14(18)20/h2-7H,8,16H2,1H3,(H,17,19). The summed E-state index contributed by atoms with van der Waals surface area (Å²) in [6.07, 6.45) is 1.45. The largest absolute Gasteiger partial charge is 0.398 e. The first-order valence-electron chi connectivity index (χ1n) is 5.97. The molecule has 0 radical (unpaired) electrons. The molecular weight excluding hydrogens is 322 g/mol. The Morgan fingerprint density at radius 2 is 2.00 bits per heavy atom. The van der Waals surface area contributed by atoms with Crippen LogP contribution in [0.25, 0.3) is 0 Å². The molecule has 0 fully saturated rings. The molecule has 0 saturated carbocycles. The van der Waals surface area contributed by atoms with E-state index in [1.165, 1.54) is 16.8 Å². The van der Waals surface area contributed by atoms with Crippen LogP contribution in [0, 0.1) is 6.92 Å². The second kappa shape index (κ2) is 5.92. The zero-order valence-corrected chi connectivity index (χ0v) is 12.5. The molecule has 1 amide bonds. The van der Waals surface area contributed by atoms with E-state index in [4.69, 9.17) is 5.73 Å². The minimum absolute atomic E-state index is 0.0870. The van der Waals surface area contributed by atoms with Crippen molar-refractivity contribution >= 4 is 33.2 Å². The normalized spacial score (nSPS) is 10.3. The monoisotopic (exact) mass is 335 g/mol. The topological polar surface area (TPSA) is 77.1 Å². The van der Waals surface area contributed by atoms with E-state index in [0.717, 1.165) is 5.56 Å². The number of amides is 1. The van der Waals surface area contributed by atoms with Crippen LogP contribution in [0.15, 0.2) is 45.8 Å². The minimum atomic E-state index is -0.293. The van der Waals surface area contributed by atoms with Gasteiger partial charge in [0.25, 0.3) is 5.56 Å². The molecular formula is C14H14BrN3O2. The lowest BCUT2D eigenvalue weighted by Crippen LogP contribution is -2.28. The van der Waals surface area contributed by atoms with Crippen molar-refractivity contribution in [3.63, 3.8) is 0 Å². The van der Waals surface area contributed by atoms with Crippen LogP contribution in [0.2, 0.25) is 0 Å². The van der Waals surface area contributed by atoms with Gasteiger partial charge >= 0.3 is 0 Å². The van der Waals surface area contributed by atoms with Crippen LogP contribution in [0.5, 0.6) is 0 Å². The second-order valence-electron chi connectivity index (χ2n) is 4.47. The highest BCUT2D eigenvalue weighted by Crippen LogP contribution is 2.10. The van der Waals surface area contributed by atoms with Gasteiger partial charge in [0.1, 0.15) is 6.54 Å². The summed E-state index contributed by atoms with van der Waals surface area (Å²) in [6.45, 7) is 1.88. The van der Waals surface area contributed by atoms with Crippen molar-refractivity contribution in [1.82, 2.24) is 4.57 Å². The van der Waals surface area contributed by atoms with Gasteiger partial charge in [-0.15, -0.1) is 0 Å². The van der Waals surface area contributed by atoms with Gasteiger partial charge in [-0.3, -0.25) is 9.59 Å². The van der Waals surface area contributed by atoms with E-state index in [-0.39, 0.29) is 18.0 Å². The number of nitrogens with zero attached hydrogens (tertiary/aromatic N) is 1. The summed E-state index contributed by atoms with van der Waals surface area (Å²) in [4.78, 5) is 23.7. The number of halogens is 1. The number of aromatic nitrogens is 1. The van der Waals surface area contributed by atoms with E-state index in [9.17, 15) is 9.59 Å². The van der Waals surface area contributed by atoms with Crippen molar-refractivity contribution in [3.8, 4) is 0 Å². The average Bonchev–Trinajstić information content (AvgIpc) is 2.38. The fraction of sp³-hybridized carbons (Fsp3) is 0.143. The first-order chi connectivity index (χ1) is 9.45. The molecule has 0 spiro atoms. The van der Waals surface area contributed by atoms with E-state index in [2.05, 4.69) is 21.2 Å². The molecule has 6 heteroatoms. The molecule has 5 nitrogen and oxygen atoms in total. The molecule has 2 aromatic rings. The van der Waals surface area contributed by atoms with Gasteiger partial charge in [-0.1, -0.05) is 17.7 Å². The summed E-state index contributed by atoms with van der Waals surface area (Å²) in [6, 6.07) is 8.94. The number of nitrogens with one attached hydrogen (secondary N) is 1. The Bertz CT molecular complexity index is 693. The van der Waals surface area contributed by atoms with Crippen molar-refractivity contribution in [3.05, 3.63) is 56.9 Å². The quantitative estimate of drug-likeness (QED) is 0.902. The molecule has 104 valence electrons. The molecule has 0 unspecified atom stereocenters. The maximum absolute atomic E-state index is 11.9. The number of nitrogen functional groups attached to an aromatic ring is 1. The van der Waals surface area contributed by atoms with E-state index in [0.29, 0.717) is 15.8 Å². The van der Waals surface area contributed by atoms with Crippen LogP contribution < -0.4 is 16.6 Å². The van der Waals surface area contributed by atoms with Gasteiger partial charge in [0.05, 0.1) is 4.47 Å². The first kappa shape index (κ1) is 14.3. The van der Waals surface area contributed by atoms with Crippen molar-refractivity contribution in [2.45, 2.75) is 13.5 Å². The lowest BCUT2D eigenvalue weighted by molar-refractivity contribution is -0.116. The third-order valence-electron chi connectivity index (χ3n) is 2.71. The van der Waals surface area contributed by atoms with Crippen molar-refractivity contribution in [2.24, 2.45) is 0 Å². The number of carbonyl (C=O) groups excluding carboxylic acids is 1. The van der Waals surface area contributed by atoms with Gasteiger partial charge in [0, 0.05) is 17.6 Å². The van der Waals surface area contributed by atoms with Crippen LogP contribution in [0.1, 0.15) is 5.56 Å². The number of anilines is 2. The van der Waals surface area contributed by atoms with E-state index in [1.54, 1.807) is 0 Å². The van der Waals surface area contributed by atoms with Crippen molar-refractivity contribution in [2.75, 3.05) is 11.1 Å². The van der Waals surface area contributed by atoms with Crippen LogP contribution in [0.3, 0.4) is 0 Å². The molecule has 2 rings (SSSR count). The zero-order valence-electron chi connectivity index (χ0n) is 10.9. The van der Waals surface area contributed by atoms with Crippen LogP contribution in [-0.4, -0.2) is 10.5 Å². The van der Waals surface area contributed by atoms with Crippen molar-refractivity contribution < 1.29 is 4.79 Å². The Kier molecular flexibility index (Phi) is 4.24. The summed E-state index contributed by atoms with van der Waals surface area (Å²) in [5.41, 5.74) is 7.58. The van der Waals surface area contributed by atoms with Gasteiger partial charge in [0.15, 0.2) is 0 Å². The van der Waals surface area contributed by atoms with Crippen LogP contribution in [-0.2, 0) is 11.3 Å². The fourth-order valence-electron chi connectivity index (χ4n) is 1.73. The number of pyridine rings is 1. The minimum Gasteiger partial charge on any atom is -0.398 e. The summed E-state index contributed by atoms with van der Waals surface area (Å²) < 4.78 is 1.60. The molecule has 1 heterocycles. The Hall–Kier alpha value is -2.08. The Morgan fingerprint density at radius 3 is 2.65 bits per heavy atom. The average molecular weight is 336 g/mol. The number of benzene rings is 1. The smallest absolute Gasteiger partial charge is 0.265 e. The van der Waals surface area contributed by atoms with Gasteiger partial charge in [0.2, 0.25) is 5.91 Å². The summed E-state index contributed by atoms with van der Waals surface area (Å²) >= 11 is 3.12. The second-order valence-corrected chi connectivity index (χ2v) is 5.32. The third-order valence-corrected chi connectivity index (χ3v) is 3.28. The third kappa shape index (κ3) is 3.48. The van der Waals surface area contributed by atoms with Gasteiger partial charge in [-0.2, -0.15) is 0 Å². The maximum atomic E-state index is 11.9. The molecule has 0 saturated heterocycles. The van der Waals surface area contributed by atoms with Crippen LogP contribution in [0.4, 0.5) is 11.4 Å². The predicted octanol–water partition coefficient (Wildman–Crippen LogP) is 2.14. The molecule has 1 aromatic heterocycles. The van der Waals surface area contributed by atoms with E-state index in [1.807, 2.05) is 31.2 Å². The highest BCUT2D eigenvalue weighted by molar-refractivity contribution is 9.10. The Morgan fingerprint density at radius 1 is 1.35 bits per heavy atom. The summed E-state index contributed by atoms with van der Waals surface area (Å²) in [5.74, 6) is -0.284. The van der Waals surface area contributed by atoms with Crippen LogP contribution >= 0.6 is 15.9 Å². The maximum Gasteiger partial charge on any atom is 0.265 e. The zero-order chi connectivity index (χ0) is 14.7. The number of carbonyl (C=O) groups is 1. The van der Waals surface area contributed by atoms with E-state index < -0.39 is 0 Å². The van der Waals surface area contributed by atoms with E-state index >= 15 is 0 Å². The number of hydrogen-bond acceptors (Lipinski definition) is 3. The molecule has 0 atom stereocenters. The Labute approximate surface area is 124 Å². The number of nitrogens with two attached hydrogens (primary N) is 1. The summed E-state index contributed by atoms with van der Waals surface area (Å²) in [5, 5.41) is 2.73. The number of rotatable bonds is 3. The first-order valence-corrected chi connectivity index (χ1v) is 6.77. The van der Waals surface area contributed by atoms with Gasteiger partial charge < -0.3 is 15.6 Å². The number of aryl methyl sites for hydroxylation is 1. The molecule has 20 heavy (non-hydrogen) atoms. The molecule has 0 bridgehead atoms. The highest BCUT2D eigenvalue weighted by atomic mass is 79.9. The Balaban J connectivity index is 2.12. The highest BCUT2D eigenvalue weighted by Gasteiger charge is 2.08. The van der Waals surface area contributed by atoms with Crippen molar-refractivity contribution in [1.29, 1.82) is 0 Å². The van der Waals surface area contributed by atoms with Gasteiger partial charge in [-0.05, 0) is 41.1 Å². The summed E-state index contributed by atoms with van der Waals surface area (Å²) in [7, 11) is 0. The fourth-order valence-corrected chi connectivity index (χ4v) is 2.22. The predicted molar refractivity (Wildman–Crippen MR) is 82.6 cm³/mol. The lowest BCUT2D eigenvalue weighted by atomic mass is 10.2. The SMILES string of the molecule is Cc1ccc(NC(=O)Cn2cc(N)cc(Br)c2=O)cc1. The molecule has 3 N–H and O–H groups in total. The molecule has 0 aliphatic carbocycles. The number of hydrogen-bond donors (Lipinski definition) is 2.